The van der Waals surface area contributed by atoms with Gasteiger partial charge in [-0.05, 0) is 13.0 Å². The third kappa shape index (κ3) is 3.06. The number of nitrogens with zero attached hydrogens (tertiary/aromatic N) is 2. The molecule has 5 heteroatoms. The van der Waals surface area contributed by atoms with Gasteiger partial charge < -0.3 is 10.6 Å². The highest BCUT2D eigenvalue weighted by Gasteiger charge is 2.22. The first kappa shape index (κ1) is 13.7. The van der Waals surface area contributed by atoms with Gasteiger partial charge in [0, 0.05) is 30.7 Å². The molecule has 1 aromatic heterocycles. The molecule has 0 fully saturated rings. The minimum absolute atomic E-state index is 0.0114. The second-order valence-corrected chi connectivity index (χ2v) is 5.42. The van der Waals surface area contributed by atoms with E-state index in [0.29, 0.717) is 12.2 Å². The second-order valence-electron chi connectivity index (χ2n) is 5.42. The minimum Gasteiger partial charge on any atom is -0.336 e. The monoisotopic (exact) mass is 238 g/mol. The van der Waals surface area contributed by atoms with Gasteiger partial charge >= 0.3 is 0 Å². The van der Waals surface area contributed by atoms with Crippen LogP contribution in [0.4, 0.5) is 0 Å². The van der Waals surface area contributed by atoms with E-state index in [1.54, 1.807) is 11.9 Å². The van der Waals surface area contributed by atoms with Gasteiger partial charge in [0.2, 0.25) is 0 Å². The molecule has 0 radical (unpaired) electrons. The molecule has 0 bridgehead atoms. The fourth-order valence-electron chi connectivity index (χ4n) is 1.35. The molecule has 96 valence electrons. The van der Waals surface area contributed by atoms with Gasteiger partial charge in [-0.1, -0.05) is 20.8 Å². The Labute approximate surface area is 102 Å². The smallest absolute Gasteiger partial charge is 0.274 e. The summed E-state index contributed by atoms with van der Waals surface area (Å²) in [6.07, 6.45) is 0. The van der Waals surface area contributed by atoms with E-state index >= 15 is 0 Å². The maximum absolute atomic E-state index is 12.1. The maximum Gasteiger partial charge on any atom is 0.274 e. The molecule has 1 rings (SSSR count). The van der Waals surface area contributed by atoms with Gasteiger partial charge in [0.1, 0.15) is 5.69 Å². The number of rotatable bonds is 3. The third-order valence-electron chi connectivity index (χ3n) is 2.93. The summed E-state index contributed by atoms with van der Waals surface area (Å²) in [6, 6.07) is 1.82. The van der Waals surface area contributed by atoms with Crippen molar-refractivity contribution in [3.63, 3.8) is 0 Å². The van der Waals surface area contributed by atoms with Crippen molar-refractivity contribution in [2.24, 2.45) is 5.73 Å². The number of nitrogens with two attached hydrogens (primary N) is 1. The van der Waals surface area contributed by atoms with Crippen molar-refractivity contribution in [2.75, 3.05) is 13.6 Å². The van der Waals surface area contributed by atoms with E-state index in [9.17, 15) is 4.79 Å². The molecule has 3 N–H and O–H groups in total. The maximum atomic E-state index is 12.1. The molecular weight excluding hydrogens is 216 g/mol. The van der Waals surface area contributed by atoms with Crippen LogP contribution in [0.5, 0.6) is 0 Å². The molecule has 0 saturated heterocycles. The number of likely N-dealkylation sites (N-methyl/N-ethyl adjacent to an activating group) is 1. The first-order valence-corrected chi connectivity index (χ1v) is 5.80. The number of aromatic amines is 1. The largest absolute Gasteiger partial charge is 0.336 e. The quantitative estimate of drug-likeness (QED) is 0.828. The number of H-pyrrole nitrogens is 1. The Hall–Kier alpha value is -1.36. The van der Waals surface area contributed by atoms with Crippen LogP contribution in [-0.2, 0) is 5.41 Å². The second kappa shape index (κ2) is 4.87. The lowest BCUT2D eigenvalue weighted by molar-refractivity contribution is 0.0742. The van der Waals surface area contributed by atoms with Crippen molar-refractivity contribution in [3.8, 4) is 0 Å². The molecule has 1 aromatic rings. The normalized spacial score (nSPS) is 13.5. The molecule has 0 aliphatic heterocycles. The summed E-state index contributed by atoms with van der Waals surface area (Å²) in [5.74, 6) is -0.102. The lowest BCUT2D eigenvalue weighted by Crippen LogP contribution is -2.39. The molecule has 1 heterocycles. The van der Waals surface area contributed by atoms with Crippen LogP contribution in [0, 0.1) is 0 Å². The van der Waals surface area contributed by atoms with Crippen molar-refractivity contribution in [1.82, 2.24) is 15.1 Å². The van der Waals surface area contributed by atoms with Gasteiger partial charge in [-0.3, -0.25) is 9.89 Å². The van der Waals surface area contributed by atoms with Gasteiger partial charge in [0.05, 0.1) is 0 Å². The molecule has 5 nitrogen and oxygen atoms in total. The van der Waals surface area contributed by atoms with Crippen LogP contribution in [0.3, 0.4) is 0 Å². The van der Waals surface area contributed by atoms with E-state index in [0.717, 1.165) is 5.69 Å². The van der Waals surface area contributed by atoms with Crippen LogP contribution in [-0.4, -0.2) is 40.6 Å². The molecule has 0 aliphatic carbocycles. The Morgan fingerprint density at radius 1 is 1.59 bits per heavy atom. The van der Waals surface area contributed by atoms with Gasteiger partial charge in [-0.15, -0.1) is 0 Å². The Morgan fingerprint density at radius 2 is 2.18 bits per heavy atom. The fraction of sp³-hybridized carbons (Fsp3) is 0.667. The summed E-state index contributed by atoms with van der Waals surface area (Å²) >= 11 is 0. The summed E-state index contributed by atoms with van der Waals surface area (Å²) in [6.45, 7) is 8.57. The van der Waals surface area contributed by atoms with Gasteiger partial charge in [0.25, 0.3) is 5.91 Å². The van der Waals surface area contributed by atoms with Gasteiger partial charge in [-0.25, -0.2) is 0 Å². The van der Waals surface area contributed by atoms with Crippen LogP contribution >= 0.6 is 0 Å². The fourth-order valence-corrected chi connectivity index (χ4v) is 1.35. The zero-order chi connectivity index (χ0) is 13.2. The molecule has 0 aromatic carbocycles. The third-order valence-corrected chi connectivity index (χ3v) is 2.93. The summed E-state index contributed by atoms with van der Waals surface area (Å²) in [5.41, 5.74) is 6.90. The molecule has 1 amide bonds. The Bertz CT molecular complexity index is 391. The summed E-state index contributed by atoms with van der Waals surface area (Å²) in [5, 5.41) is 6.97. The average Bonchev–Trinajstić information content (AvgIpc) is 2.74. The van der Waals surface area contributed by atoms with Crippen molar-refractivity contribution >= 4 is 5.91 Å². The van der Waals surface area contributed by atoms with Crippen molar-refractivity contribution in [1.29, 1.82) is 0 Å². The van der Waals surface area contributed by atoms with Crippen LogP contribution in [0.1, 0.15) is 43.9 Å². The predicted octanol–water partition coefficient (Wildman–Crippen LogP) is 1.13. The zero-order valence-corrected chi connectivity index (χ0v) is 11.2. The Morgan fingerprint density at radius 3 is 2.59 bits per heavy atom. The van der Waals surface area contributed by atoms with Crippen LogP contribution < -0.4 is 5.73 Å². The molecule has 17 heavy (non-hydrogen) atoms. The number of amides is 1. The van der Waals surface area contributed by atoms with Crippen LogP contribution in [0.15, 0.2) is 6.07 Å². The minimum atomic E-state index is -0.102. The van der Waals surface area contributed by atoms with Crippen molar-refractivity contribution in [2.45, 2.75) is 39.2 Å². The van der Waals surface area contributed by atoms with E-state index in [4.69, 9.17) is 5.73 Å². The van der Waals surface area contributed by atoms with Gasteiger partial charge in [0.15, 0.2) is 0 Å². The predicted molar refractivity (Wildman–Crippen MR) is 67.9 cm³/mol. The lowest BCUT2D eigenvalue weighted by Gasteiger charge is -2.22. The highest BCUT2D eigenvalue weighted by Crippen LogP contribution is 2.20. The van der Waals surface area contributed by atoms with E-state index in [-0.39, 0.29) is 17.4 Å². The number of hydrogen-bond donors (Lipinski definition) is 2. The van der Waals surface area contributed by atoms with Gasteiger partial charge in [-0.2, -0.15) is 5.10 Å². The van der Waals surface area contributed by atoms with E-state index < -0.39 is 0 Å². The highest BCUT2D eigenvalue weighted by molar-refractivity contribution is 5.92. The van der Waals surface area contributed by atoms with E-state index in [1.807, 2.05) is 13.0 Å². The Kier molecular flexibility index (Phi) is 3.93. The number of nitrogens with one attached hydrogen (secondary N) is 1. The molecule has 0 aliphatic rings. The topological polar surface area (TPSA) is 75.0 Å². The number of hydrogen-bond acceptors (Lipinski definition) is 3. The average molecular weight is 238 g/mol. The first-order chi connectivity index (χ1) is 7.77. The van der Waals surface area contributed by atoms with Crippen molar-refractivity contribution < 1.29 is 4.79 Å². The SMILES string of the molecule is CC(CN)N(C)C(=O)c1cc(C(C)(C)C)[nH]n1. The standard InChI is InChI=1S/C12H22N4O/c1-8(7-13)16(5)11(17)9-6-10(15-14-9)12(2,3)4/h6,8H,7,13H2,1-5H3,(H,14,15). The Balaban J connectivity index is 2.87. The molecule has 0 saturated carbocycles. The number of aromatic nitrogens is 2. The van der Waals surface area contributed by atoms with Crippen molar-refractivity contribution in [3.05, 3.63) is 17.5 Å². The molecule has 1 unspecified atom stereocenters. The first-order valence-electron chi connectivity index (χ1n) is 5.80. The highest BCUT2D eigenvalue weighted by atomic mass is 16.2. The summed E-state index contributed by atoms with van der Waals surface area (Å²) in [4.78, 5) is 13.7. The summed E-state index contributed by atoms with van der Waals surface area (Å²) in [7, 11) is 1.74. The van der Waals surface area contributed by atoms with E-state index in [1.165, 1.54) is 0 Å². The molecular formula is C12H22N4O. The molecule has 0 spiro atoms. The molecule has 1 atom stereocenters. The number of carbonyl (C=O) groups is 1. The van der Waals surface area contributed by atoms with Crippen LogP contribution in [0.25, 0.3) is 0 Å². The lowest BCUT2D eigenvalue weighted by atomic mass is 9.92. The van der Waals surface area contributed by atoms with E-state index in [2.05, 4.69) is 31.0 Å². The summed E-state index contributed by atoms with van der Waals surface area (Å²) < 4.78 is 0. The zero-order valence-electron chi connectivity index (χ0n) is 11.2. The number of carbonyl (C=O) groups excluding carboxylic acids is 1. The van der Waals surface area contributed by atoms with Crippen LogP contribution in [0.2, 0.25) is 0 Å².